The van der Waals surface area contributed by atoms with Crippen LogP contribution in [0.3, 0.4) is 0 Å². The van der Waals surface area contributed by atoms with Crippen LogP contribution in [-0.4, -0.2) is 51.2 Å². The average molecular weight is 533 g/mol. The first-order chi connectivity index (χ1) is 17.4. The van der Waals surface area contributed by atoms with Crippen LogP contribution < -0.4 is 0 Å². The third kappa shape index (κ3) is 4.83. The lowest BCUT2D eigenvalue weighted by Gasteiger charge is -2.40. The zero-order chi connectivity index (χ0) is 27.3. The summed E-state index contributed by atoms with van der Waals surface area (Å²) in [6.45, 7) is 12.8. The van der Waals surface area contributed by atoms with Crippen LogP contribution in [0.25, 0.3) is 0 Å². The molecule has 0 spiro atoms. The molecular weight excluding hydrogens is 483 g/mol. The molecular formula is C30H49N2O4P. The lowest BCUT2D eigenvalue weighted by atomic mass is 9.76. The van der Waals surface area contributed by atoms with Gasteiger partial charge in [-0.15, -0.1) is 9.24 Å². The Morgan fingerprint density at radius 2 is 1.27 bits per heavy atom. The van der Waals surface area contributed by atoms with Gasteiger partial charge in [0.2, 0.25) is 23.6 Å². The number of rotatable bonds is 8. The lowest BCUT2D eigenvalue weighted by Crippen LogP contribution is -2.53. The van der Waals surface area contributed by atoms with Crippen molar-refractivity contribution in [3.8, 4) is 0 Å². The molecule has 2 saturated carbocycles. The highest BCUT2D eigenvalue weighted by atomic mass is 31.0. The summed E-state index contributed by atoms with van der Waals surface area (Å²) in [6, 6.07) is 0.0124. The first-order valence-electron chi connectivity index (χ1n) is 14.9. The fraction of sp³-hybridized carbons (Fsp3) is 0.867. The van der Waals surface area contributed by atoms with Crippen LogP contribution in [0.5, 0.6) is 0 Å². The van der Waals surface area contributed by atoms with Gasteiger partial charge in [0, 0.05) is 11.6 Å². The summed E-state index contributed by atoms with van der Waals surface area (Å²) in [5, 5.41) is 0. The van der Waals surface area contributed by atoms with E-state index in [0.717, 1.165) is 44.7 Å². The van der Waals surface area contributed by atoms with Crippen LogP contribution in [-0.2, 0) is 19.2 Å². The van der Waals surface area contributed by atoms with E-state index in [0.29, 0.717) is 37.0 Å². The van der Waals surface area contributed by atoms with Crippen molar-refractivity contribution in [2.75, 3.05) is 6.16 Å². The predicted molar refractivity (Wildman–Crippen MR) is 148 cm³/mol. The van der Waals surface area contributed by atoms with Gasteiger partial charge in [0.15, 0.2) is 0 Å². The molecule has 2 heterocycles. The molecule has 37 heavy (non-hydrogen) atoms. The highest BCUT2D eigenvalue weighted by molar-refractivity contribution is 7.16. The number of amides is 4. The minimum atomic E-state index is -0.503. The zero-order valence-corrected chi connectivity index (χ0v) is 25.1. The second-order valence-corrected chi connectivity index (χ2v) is 13.8. The quantitative estimate of drug-likeness (QED) is 0.308. The van der Waals surface area contributed by atoms with Gasteiger partial charge < -0.3 is 0 Å². The predicted octanol–water partition coefficient (Wildman–Crippen LogP) is 5.44. The summed E-state index contributed by atoms with van der Waals surface area (Å²) < 4.78 is 0. The van der Waals surface area contributed by atoms with Crippen molar-refractivity contribution in [1.82, 2.24) is 9.80 Å². The third-order valence-corrected chi connectivity index (χ3v) is 12.2. The Kier molecular flexibility index (Phi) is 8.30. The molecule has 2 aliphatic heterocycles. The van der Waals surface area contributed by atoms with E-state index < -0.39 is 5.54 Å². The Labute approximate surface area is 226 Å². The van der Waals surface area contributed by atoms with Gasteiger partial charge in [0.1, 0.15) is 0 Å². The maximum absolute atomic E-state index is 13.6. The van der Waals surface area contributed by atoms with Crippen molar-refractivity contribution in [2.24, 2.45) is 40.9 Å². The number of carbonyl (C=O) groups excluding carboxylic acids is 4. The summed E-state index contributed by atoms with van der Waals surface area (Å²) in [4.78, 5) is 57.6. The second-order valence-electron chi connectivity index (χ2n) is 13.4. The molecule has 4 fully saturated rings. The Morgan fingerprint density at radius 1 is 0.784 bits per heavy atom. The molecule has 6 nitrogen and oxygen atoms in total. The molecule has 2 saturated heterocycles. The fourth-order valence-electron chi connectivity index (χ4n) is 7.84. The number of likely N-dealkylation sites (tertiary alicyclic amines) is 2. The molecule has 0 N–H and O–H groups in total. The van der Waals surface area contributed by atoms with E-state index in [9.17, 15) is 19.2 Å². The maximum atomic E-state index is 13.6. The van der Waals surface area contributed by atoms with Gasteiger partial charge >= 0.3 is 0 Å². The van der Waals surface area contributed by atoms with E-state index in [1.54, 1.807) is 9.80 Å². The Hall–Kier alpha value is -1.29. The largest absolute Gasteiger partial charge is 0.279 e. The maximum Gasteiger partial charge on any atom is 0.233 e. The second kappa shape index (κ2) is 10.7. The van der Waals surface area contributed by atoms with Gasteiger partial charge in [-0.2, -0.15) is 0 Å². The lowest BCUT2D eigenvalue weighted by molar-refractivity contribution is -0.149. The smallest absolute Gasteiger partial charge is 0.233 e. The molecule has 9 unspecified atom stereocenters. The summed E-state index contributed by atoms with van der Waals surface area (Å²) in [6.07, 6.45) is 9.06. The van der Waals surface area contributed by atoms with Gasteiger partial charge in [0.25, 0.3) is 0 Å². The summed E-state index contributed by atoms with van der Waals surface area (Å²) >= 11 is 0. The molecule has 4 aliphatic rings. The molecule has 2 aliphatic carbocycles. The standard InChI is InChI=1S/C30H49N2O4P/c1-7-29(5,17-37)16-19-9-10-20(15-19)31-25(33)21-11-13-23-24(14-12-22(21)26(31)34)28(36)32(27(23)35)30(6,8-2)18(3)4/h18-24H,7-17,37H2,1-6H3. The van der Waals surface area contributed by atoms with Crippen molar-refractivity contribution in [2.45, 2.75) is 117 Å². The van der Waals surface area contributed by atoms with Crippen LogP contribution >= 0.6 is 9.24 Å². The van der Waals surface area contributed by atoms with Gasteiger partial charge in [-0.1, -0.05) is 41.0 Å². The van der Waals surface area contributed by atoms with E-state index in [2.05, 4.69) is 36.9 Å². The summed E-state index contributed by atoms with van der Waals surface area (Å²) in [7, 11) is 2.89. The number of fused-ring (bicyclic) bond motifs is 2. The minimum Gasteiger partial charge on any atom is -0.279 e. The van der Waals surface area contributed by atoms with Gasteiger partial charge in [0.05, 0.1) is 23.7 Å². The van der Waals surface area contributed by atoms with Gasteiger partial charge in [-0.25, -0.2) is 0 Å². The van der Waals surface area contributed by atoms with Crippen molar-refractivity contribution in [3.63, 3.8) is 0 Å². The molecule has 0 aromatic rings. The average Bonchev–Trinajstić information content (AvgIpc) is 3.46. The Morgan fingerprint density at radius 3 is 1.68 bits per heavy atom. The van der Waals surface area contributed by atoms with Crippen LogP contribution in [0.2, 0.25) is 0 Å². The van der Waals surface area contributed by atoms with Crippen molar-refractivity contribution >= 4 is 32.9 Å². The monoisotopic (exact) mass is 532 g/mol. The molecule has 0 bridgehead atoms. The van der Waals surface area contributed by atoms with Crippen molar-refractivity contribution < 1.29 is 19.2 Å². The first-order valence-corrected chi connectivity index (χ1v) is 15.7. The van der Waals surface area contributed by atoms with E-state index in [4.69, 9.17) is 0 Å². The first kappa shape index (κ1) is 28.7. The molecule has 208 valence electrons. The highest BCUT2D eigenvalue weighted by Gasteiger charge is 2.57. The molecule has 0 aromatic heterocycles. The topological polar surface area (TPSA) is 74.8 Å². The summed E-state index contributed by atoms with van der Waals surface area (Å²) in [5.74, 6) is -0.825. The van der Waals surface area contributed by atoms with Crippen molar-refractivity contribution in [3.05, 3.63) is 0 Å². The van der Waals surface area contributed by atoms with Gasteiger partial charge in [-0.05, 0) is 88.1 Å². The Balaban J connectivity index is 1.47. The highest BCUT2D eigenvalue weighted by Crippen LogP contribution is 2.48. The minimum absolute atomic E-state index is 0.0124. The summed E-state index contributed by atoms with van der Waals surface area (Å²) in [5.41, 5.74) is -0.210. The van der Waals surface area contributed by atoms with Crippen LogP contribution in [0.1, 0.15) is 106 Å². The molecule has 4 amide bonds. The zero-order valence-electron chi connectivity index (χ0n) is 23.9. The number of hydrogen-bond acceptors (Lipinski definition) is 4. The third-order valence-electron chi connectivity index (χ3n) is 11.2. The van der Waals surface area contributed by atoms with Crippen LogP contribution in [0.4, 0.5) is 0 Å². The number of nitrogens with zero attached hydrogens (tertiary/aromatic N) is 2. The van der Waals surface area contributed by atoms with Crippen LogP contribution in [0.15, 0.2) is 0 Å². The van der Waals surface area contributed by atoms with Crippen molar-refractivity contribution in [1.29, 1.82) is 0 Å². The molecule has 0 aromatic carbocycles. The SMILES string of the molecule is CCC(C)(CP)CC1CCC(N2C(=O)C3CCC4C(=O)N(C(C)(CC)C(C)C)C(=O)C4CCC3C2=O)C1. The van der Waals surface area contributed by atoms with Crippen LogP contribution in [0, 0.1) is 40.9 Å². The number of imide groups is 2. The number of hydrogen-bond donors (Lipinski definition) is 0. The normalized spacial score (nSPS) is 35.9. The molecule has 7 heteroatoms. The van der Waals surface area contributed by atoms with E-state index >= 15 is 0 Å². The van der Waals surface area contributed by atoms with E-state index in [1.807, 2.05) is 13.8 Å². The van der Waals surface area contributed by atoms with E-state index in [1.165, 1.54) is 0 Å². The molecule has 9 atom stereocenters. The Bertz CT molecular complexity index is 887. The van der Waals surface area contributed by atoms with Gasteiger partial charge in [-0.3, -0.25) is 29.0 Å². The number of carbonyl (C=O) groups is 4. The molecule has 4 rings (SSSR count). The molecule has 0 radical (unpaired) electrons. The van der Waals surface area contributed by atoms with E-state index in [-0.39, 0.29) is 59.3 Å². The fourth-order valence-corrected chi connectivity index (χ4v) is 8.29.